The second-order valence-corrected chi connectivity index (χ2v) is 59.8. The zero-order valence-electron chi connectivity index (χ0n) is 28.4. The fourth-order valence-corrected chi connectivity index (χ4v) is 132. The molecule has 9 rings (SSSR count). The number of rotatable bonds is 4. The van der Waals surface area contributed by atoms with E-state index in [-0.39, 0.29) is 0 Å². The summed E-state index contributed by atoms with van der Waals surface area (Å²) in [5.74, 6) is 0. The van der Waals surface area contributed by atoms with Crippen LogP contribution in [0.15, 0.2) is 146 Å². The normalized spacial score (nSPS) is 17.2. The first-order chi connectivity index (χ1) is 22.6. The third kappa shape index (κ3) is 3.23. The van der Waals surface area contributed by atoms with E-state index in [2.05, 4.69) is 185 Å². The molecule has 0 radical (unpaired) electrons. The first-order valence-corrected chi connectivity index (χ1v) is 34.2. The molecule has 0 nitrogen and oxygen atoms in total. The van der Waals surface area contributed by atoms with E-state index in [4.69, 9.17) is 0 Å². The van der Waals surface area contributed by atoms with Crippen LogP contribution in [0.3, 0.4) is 0 Å². The molecule has 0 amide bonds. The first-order valence-electron chi connectivity index (χ1n) is 17.2. The van der Waals surface area contributed by atoms with Crippen molar-refractivity contribution < 1.29 is 0 Å². The van der Waals surface area contributed by atoms with Gasteiger partial charge >= 0.3 is 0 Å². The first kappa shape index (κ1) is 29.5. The van der Waals surface area contributed by atoms with Crippen molar-refractivity contribution in [3.05, 3.63) is 146 Å². The van der Waals surface area contributed by atoms with E-state index in [0.29, 0.717) is 0 Å². The third-order valence-electron chi connectivity index (χ3n) is 12.2. The molecule has 0 saturated heterocycles. The summed E-state index contributed by atoms with van der Waals surface area (Å²) in [4.78, 5) is 0. The lowest BCUT2D eigenvalue weighted by Crippen LogP contribution is -3.05. The van der Waals surface area contributed by atoms with Crippen LogP contribution in [0.4, 0.5) is 0 Å². The topological polar surface area (TPSA) is 0 Å². The summed E-state index contributed by atoms with van der Waals surface area (Å²) in [6.07, 6.45) is 0. The fraction of sp³-hybridized carbons (Fsp3) is 0.143. The van der Waals surface area contributed by atoms with Crippen LogP contribution in [-0.4, -0.2) is 36.5 Å². The van der Waals surface area contributed by atoms with Crippen molar-refractivity contribution in [3.63, 3.8) is 0 Å². The smallest absolute Gasteiger partial charge is 0.0710 e. The van der Waals surface area contributed by atoms with Gasteiger partial charge in [-0.1, -0.05) is 216 Å². The molecule has 0 aromatic heterocycles. The molecule has 6 aromatic carbocycles. The number of fused-ring (bicyclic) bond motifs is 9. The Morgan fingerprint density at radius 1 is 0.277 bits per heavy atom. The van der Waals surface area contributed by atoms with Gasteiger partial charge in [0, 0.05) is 15.2 Å². The highest BCUT2D eigenvalue weighted by atomic mass is 29.9. The zero-order chi connectivity index (χ0) is 32.4. The molecule has 3 heterocycles. The van der Waals surface area contributed by atoms with Gasteiger partial charge in [-0.05, 0) is 33.4 Å². The van der Waals surface area contributed by atoms with Crippen LogP contribution in [0.2, 0.25) is 39.3 Å². The van der Waals surface area contributed by atoms with E-state index in [1.807, 2.05) is 0 Å². The molecule has 0 fully saturated rings. The van der Waals surface area contributed by atoms with E-state index in [9.17, 15) is 0 Å². The van der Waals surface area contributed by atoms with Gasteiger partial charge in [-0.15, -0.1) is 0 Å². The van der Waals surface area contributed by atoms with Crippen LogP contribution in [0, 0.1) is 0 Å². The lowest BCUT2D eigenvalue weighted by atomic mass is 10.1. The standard InChI is InChI=1S/C42H42Si5/c1-43(2,3)45(37-25-13-7-19-31(37)32-20-8-14-26-38(32)45)47(41-29-17-11-23-35(41)36-24-12-18-30-42(36)47)46(44(4,5)6)39-27-15-9-21-33(39)34-22-10-16-28-40(34)46/h7-30H,1-6H3. The van der Waals surface area contributed by atoms with Gasteiger partial charge in [0.2, 0.25) is 0 Å². The predicted octanol–water partition coefficient (Wildman–Crippen LogP) is 6.71. The molecule has 0 atom stereocenters. The van der Waals surface area contributed by atoms with Crippen molar-refractivity contribution in [3.8, 4) is 33.4 Å². The monoisotopic (exact) mass is 686 g/mol. The van der Waals surface area contributed by atoms with Crippen LogP contribution < -0.4 is 31.1 Å². The Morgan fingerprint density at radius 2 is 0.468 bits per heavy atom. The molecule has 0 unspecified atom stereocenters. The van der Waals surface area contributed by atoms with Crippen molar-refractivity contribution >= 4 is 67.6 Å². The quantitative estimate of drug-likeness (QED) is 0.181. The van der Waals surface area contributed by atoms with Gasteiger partial charge < -0.3 is 0 Å². The van der Waals surface area contributed by atoms with Gasteiger partial charge in [-0.3, -0.25) is 0 Å². The van der Waals surface area contributed by atoms with Gasteiger partial charge in [-0.25, -0.2) is 0 Å². The molecule has 0 N–H and O–H groups in total. The Bertz CT molecular complexity index is 2000. The Kier molecular flexibility index (Phi) is 6.12. The minimum Gasteiger partial charge on any atom is -0.0710 e. The van der Waals surface area contributed by atoms with Crippen LogP contribution in [0.25, 0.3) is 33.4 Å². The average molecular weight is 687 g/mol. The molecular formula is C42H42Si5. The maximum atomic E-state index is 2.79. The maximum absolute atomic E-state index is 2.79. The molecular weight excluding hydrogens is 645 g/mol. The van der Waals surface area contributed by atoms with Gasteiger partial charge in [0.05, 0.1) is 0 Å². The Morgan fingerprint density at radius 3 is 0.702 bits per heavy atom. The molecule has 0 aliphatic carbocycles. The van der Waals surface area contributed by atoms with E-state index < -0.39 is 36.5 Å². The molecule has 3 aliphatic heterocycles. The highest BCUT2D eigenvalue weighted by Crippen LogP contribution is 2.50. The molecule has 0 saturated carbocycles. The summed E-state index contributed by atoms with van der Waals surface area (Å²) in [6.45, 7) is 16.7. The van der Waals surface area contributed by atoms with Crippen LogP contribution >= 0.6 is 0 Å². The largest absolute Gasteiger partial charge is 0.122 e. The molecule has 0 spiro atoms. The number of hydrogen-bond acceptors (Lipinski definition) is 0. The van der Waals surface area contributed by atoms with Gasteiger partial charge in [0.25, 0.3) is 0 Å². The third-order valence-corrected chi connectivity index (χ3v) is 87.9. The molecule has 0 bridgehead atoms. The van der Waals surface area contributed by atoms with E-state index in [1.165, 1.54) is 33.4 Å². The van der Waals surface area contributed by atoms with Gasteiger partial charge in [0.1, 0.15) is 21.3 Å². The van der Waals surface area contributed by atoms with Crippen molar-refractivity contribution in [2.45, 2.75) is 39.3 Å². The van der Waals surface area contributed by atoms with Crippen LogP contribution in [0.1, 0.15) is 0 Å². The molecule has 47 heavy (non-hydrogen) atoms. The maximum Gasteiger partial charge on any atom is 0.122 e. The fourth-order valence-electron chi connectivity index (χ4n) is 11.3. The van der Waals surface area contributed by atoms with Gasteiger partial charge in [0.15, 0.2) is 0 Å². The lowest BCUT2D eigenvalue weighted by molar-refractivity contribution is 1.71. The molecule has 6 aromatic rings. The summed E-state index contributed by atoms with van der Waals surface area (Å²) in [7, 11) is -12.1. The minimum absolute atomic E-state index is 1.53. The summed E-state index contributed by atoms with van der Waals surface area (Å²) in [5.41, 5.74) is 9.20. The van der Waals surface area contributed by atoms with Crippen molar-refractivity contribution in [2.75, 3.05) is 0 Å². The zero-order valence-corrected chi connectivity index (χ0v) is 33.4. The number of benzene rings is 6. The van der Waals surface area contributed by atoms with Crippen molar-refractivity contribution in [1.82, 2.24) is 0 Å². The van der Waals surface area contributed by atoms with Crippen molar-refractivity contribution in [1.29, 1.82) is 0 Å². The molecule has 3 aliphatic rings. The summed E-state index contributed by atoms with van der Waals surface area (Å²) < 4.78 is 0. The average Bonchev–Trinajstić information content (AvgIpc) is 3.67. The van der Waals surface area contributed by atoms with E-state index >= 15 is 0 Å². The van der Waals surface area contributed by atoms with Gasteiger partial charge in [-0.2, -0.15) is 0 Å². The van der Waals surface area contributed by atoms with Crippen LogP contribution in [-0.2, 0) is 0 Å². The molecule has 5 heteroatoms. The SMILES string of the molecule is C[Si](C)(C)[Si]1([Si]2([Si]3([Si](C)(C)C)c4ccccc4-c4ccccc43)c3ccccc3-c3ccccc32)c2ccccc2-c2ccccc21. The Hall–Kier alpha value is -3.60. The summed E-state index contributed by atoms with van der Waals surface area (Å²) >= 11 is 0. The minimum atomic E-state index is -2.78. The Labute approximate surface area is 284 Å². The highest BCUT2D eigenvalue weighted by Gasteiger charge is 2.81. The van der Waals surface area contributed by atoms with Crippen LogP contribution in [0.5, 0.6) is 0 Å². The Balaban J connectivity index is 1.67. The lowest BCUT2D eigenvalue weighted by Gasteiger charge is -2.63. The number of hydrogen-bond donors (Lipinski definition) is 0. The predicted molar refractivity (Wildman–Crippen MR) is 217 cm³/mol. The second-order valence-electron chi connectivity index (χ2n) is 16.0. The summed E-state index contributed by atoms with van der Waals surface area (Å²) in [6, 6.07) is 59.0. The highest BCUT2D eigenvalue weighted by molar-refractivity contribution is 8.05. The summed E-state index contributed by atoms with van der Waals surface area (Å²) in [5, 5.41) is 10.6. The molecule has 230 valence electrons. The van der Waals surface area contributed by atoms with Crippen molar-refractivity contribution in [2.24, 2.45) is 0 Å². The van der Waals surface area contributed by atoms with E-state index in [0.717, 1.165) is 0 Å². The second kappa shape index (κ2) is 9.74. The van der Waals surface area contributed by atoms with E-state index in [1.54, 1.807) is 31.1 Å².